The van der Waals surface area contributed by atoms with Gasteiger partial charge in [-0.15, -0.1) is 0 Å². The molecule has 92 valence electrons. The van der Waals surface area contributed by atoms with Gasteiger partial charge in [0.2, 0.25) is 0 Å². The lowest BCUT2D eigenvalue weighted by molar-refractivity contribution is 0.510. The zero-order chi connectivity index (χ0) is 12.4. The van der Waals surface area contributed by atoms with Crippen LogP contribution in [0.25, 0.3) is 11.0 Å². The van der Waals surface area contributed by atoms with E-state index in [2.05, 4.69) is 45.1 Å². The van der Waals surface area contributed by atoms with E-state index >= 15 is 0 Å². The van der Waals surface area contributed by atoms with E-state index in [9.17, 15) is 0 Å². The Morgan fingerprint density at radius 3 is 2.53 bits per heavy atom. The Morgan fingerprint density at radius 2 is 1.82 bits per heavy atom. The summed E-state index contributed by atoms with van der Waals surface area (Å²) >= 11 is 0. The molecule has 0 aliphatic heterocycles. The third kappa shape index (κ3) is 2.37. The first-order chi connectivity index (χ1) is 8.13. The molecule has 0 saturated carbocycles. The van der Waals surface area contributed by atoms with Crippen molar-refractivity contribution in [2.75, 3.05) is 6.54 Å². The van der Waals surface area contributed by atoms with Crippen LogP contribution in [-0.2, 0) is 6.54 Å². The average Bonchev–Trinajstić information content (AvgIpc) is 2.58. The highest BCUT2D eigenvalue weighted by Gasteiger charge is 2.10. The van der Waals surface area contributed by atoms with Gasteiger partial charge in [0.05, 0.1) is 6.54 Å². The molecule has 1 N–H and O–H groups in total. The summed E-state index contributed by atoms with van der Waals surface area (Å²) in [6.45, 7) is 10.5. The molecule has 2 heteroatoms. The molecule has 0 spiro atoms. The summed E-state index contributed by atoms with van der Waals surface area (Å²) in [4.78, 5) is 0. The molecule has 1 heterocycles. The maximum atomic E-state index is 5.92. The maximum Gasteiger partial charge on any atom is 0.134 e. The molecule has 2 aromatic rings. The Kier molecular flexibility index (Phi) is 3.53. The third-order valence-electron chi connectivity index (χ3n) is 3.36. The van der Waals surface area contributed by atoms with Crippen molar-refractivity contribution in [2.24, 2.45) is 0 Å². The number of hydrogen-bond acceptors (Lipinski definition) is 2. The van der Waals surface area contributed by atoms with Gasteiger partial charge in [-0.3, -0.25) is 0 Å². The van der Waals surface area contributed by atoms with Crippen molar-refractivity contribution in [1.82, 2.24) is 5.32 Å². The number of aryl methyl sites for hydroxylation is 3. The quantitative estimate of drug-likeness (QED) is 0.808. The fraction of sp³-hybridized carbons (Fsp3) is 0.467. The van der Waals surface area contributed by atoms with Crippen LogP contribution in [0.5, 0.6) is 0 Å². The van der Waals surface area contributed by atoms with Gasteiger partial charge in [0.25, 0.3) is 0 Å². The van der Waals surface area contributed by atoms with Gasteiger partial charge in [-0.05, 0) is 62.6 Å². The number of fused-ring (bicyclic) bond motifs is 1. The standard InChI is InChI=1S/C15H21NO/c1-5-6-16-9-15-12(4)13-7-10(2)11(3)8-14(13)17-15/h7-8,16H,5-6,9H2,1-4H3. The largest absolute Gasteiger partial charge is 0.459 e. The van der Waals surface area contributed by atoms with Crippen molar-refractivity contribution in [3.05, 3.63) is 34.6 Å². The van der Waals surface area contributed by atoms with Crippen LogP contribution in [0.15, 0.2) is 16.5 Å². The van der Waals surface area contributed by atoms with E-state index in [-0.39, 0.29) is 0 Å². The van der Waals surface area contributed by atoms with Crippen LogP contribution >= 0.6 is 0 Å². The van der Waals surface area contributed by atoms with Gasteiger partial charge in [-0.1, -0.05) is 6.92 Å². The predicted molar refractivity (Wildman–Crippen MR) is 72.4 cm³/mol. The van der Waals surface area contributed by atoms with E-state index < -0.39 is 0 Å². The predicted octanol–water partition coefficient (Wildman–Crippen LogP) is 3.86. The molecule has 0 unspecified atom stereocenters. The van der Waals surface area contributed by atoms with Gasteiger partial charge in [-0.25, -0.2) is 0 Å². The number of nitrogens with one attached hydrogen (secondary N) is 1. The molecule has 17 heavy (non-hydrogen) atoms. The van der Waals surface area contributed by atoms with E-state index in [4.69, 9.17) is 4.42 Å². The second kappa shape index (κ2) is 4.92. The highest BCUT2D eigenvalue weighted by atomic mass is 16.3. The fourth-order valence-electron chi connectivity index (χ4n) is 2.07. The van der Waals surface area contributed by atoms with E-state index in [0.29, 0.717) is 0 Å². The maximum absolute atomic E-state index is 5.92. The molecule has 0 atom stereocenters. The van der Waals surface area contributed by atoms with Gasteiger partial charge < -0.3 is 9.73 Å². The Morgan fingerprint density at radius 1 is 1.12 bits per heavy atom. The van der Waals surface area contributed by atoms with Gasteiger partial charge in [0.15, 0.2) is 0 Å². The Hall–Kier alpha value is -1.28. The van der Waals surface area contributed by atoms with Crippen LogP contribution < -0.4 is 5.32 Å². The minimum Gasteiger partial charge on any atom is -0.459 e. The first-order valence-electron chi connectivity index (χ1n) is 6.33. The molecule has 0 fully saturated rings. The topological polar surface area (TPSA) is 25.2 Å². The molecule has 0 amide bonds. The first-order valence-corrected chi connectivity index (χ1v) is 6.33. The second-order valence-electron chi connectivity index (χ2n) is 4.76. The van der Waals surface area contributed by atoms with Crippen LogP contribution in [0.4, 0.5) is 0 Å². The molecule has 0 aliphatic rings. The van der Waals surface area contributed by atoms with E-state index in [0.717, 1.165) is 30.9 Å². The van der Waals surface area contributed by atoms with E-state index in [1.807, 2.05) is 0 Å². The Bertz CT molecular complexity index is 525. The highest BCUT2D eigenvalue weighted by Crippen LogP contribution is 2.27. The SMILES string of the molecule is CCCNCc1oc2cc(C)c(C)cc2c1C. The molecule has 0 saturated heterocycles. The van der Waals surface area contributed by atoms with Crippen LogP contribution in [0.2, 0.25) is 0 Å². The minimum atomic E-state index is 0.826. The van der Waals surface area contributed by atoms with Gasteiger partial charge in [0, 0.05) is 5.39 Å². The van der Waals surface area contributed by atoms with Crippen molar-refractivity contribution < 1.29 is 4.42 Å². The number of rotatable bonds is 4. The molecule has 0 aliphatic carbocycles. The summed E-state index contributed by atoms with van der Waals surface area (Å²) in [7, 11) is 0. The van der Waals surface area contributed by atoms with Crippen molar-refractivity contribution in [3.8, 4) is 0 Å². The second-order valence-corrected chi connectivity index (χ2v) is 4.76. The fourth-order valence-corrected chi connectivity index (χ4v) is 2.07. The highest BCUT2D eigenvalue weighted by molar-refractivity contribution is 5.83. The Labute approximate surface area is 103 Å². The van der Waals surface area contributed by atoms with Crippen molar-refractivity contribution in [3.63, 3.8) is 0 Å². The van der Waals surface area contributed by atoms with Crippen LogP contribution in [0.1, 0.15) is 35.8 Å². The van der Waals surface area contributed by atoms with E-state index in [1.54, 1.807) is 0 Å². The molecule has 2 rings (SSSR count). The lowest BCUT2D eigenvalue weighted by Crippen LogP contribution is -2.13. The smallest absolute Gasteiger partial charge is 0.134 e. The summed E-state index contributed by atoms with van der Waals surface area (Å²) in [5.41, 5.74) is 4.90. The monoisotopic (exact) mass is 231 g/mol. The summed E-state index contributed by atoms with van der Waals surface area (Å²) in [5.74, 6) is 1.07. The molecular formula is C15H21NO. The van der Waals surface area contributed by atoms with E-state index in [1.165, 1.54) is 22.1 Å². The summed E-state index contributed by atoms with van der Waals surface area (Å²) in [6.07, 6.45) is 1.15. The van der Waals surface area contributed by atoms with Crippen LogP contribution in [-0.4, -0.2) is 6.54 Å². The molecular weight excluding hydrogens is 210 g/mol. The molecule has 0 radical (unpaired) electrons. The lowest BCUT2D eigenvalue weighted by atomic mass is 10.1. The van der Waals surface area contributed by atoms with Gasteiger partial charge >= 0.3 is 0 Å². The Balaban J connectivity index is 2.35. The summed E-state index contributed by atoms with van der Waals surface area (Å²) in [6, 6.07) is 4.37. The number of hydrogen-bond donors (Lipinski definition) is 1. The zero-order valence-corrected chi connectivity index (χ0v) is 11.2. The number of furan rings is 1. The summed E-state index contributed by atoms with van der Waals surface area (Å²) in [5, 5.41) is 4.64. The van der Waals surface area contributed by atoms with Crippen LogP contribution in [0, 0.1) is 20.8 Å². The third-order valence-corrected chi connectivity index (χ3v) is 3.36. The first kappa shape index (κ1) is 12.2. The lowest BCUT2D eigenvalue weighted by Gasteiger charge is -2.00. The summed E-state index contributed by atoms with van der Waals surface area (Å²) < 4.78 is 5.92. The van der Waals surface area contributed by atoms with Crippen molar-refractivity contribution >= 4 is 11.0 Å². The molecule has 1 aromatic carbocycles. The zero-order valence-electron chi connectivity index (χ0n) is 11.2. The average molecular weight is 231 g/mol. The normalized spacial score (nSPS) is 11.3. The molecule has 1 aromatic heterocycles. The van der Waals surface area contributed by atoms with Crippen LogP contribution in [0.3, 0.4) is 0 Å². The minimum absolute atomic E-state index is 0.826. The molecule has 0 bridgehead atoms. The van der Waals surface area contributed by atoms with Crippen molar-refractivity contribution in [1.29, 1.82) is 0 Å². The van der Waals surface area contributed by atoms with Gasteiger partial charge in [0.1, 0.15) is 11.3 Å². The van der Waals surface area contributed by atoms with Gasteiger partial charge in [-0.2, -0.15) is 0 Å². The number of benzene rings is 1. The van der Waals surface area contributed by atoms with Crippen molar-refractivity contribution in [2.45, 2.75) is 40.7 Å². The molecule has 2 nitrogen and oxygen atoms in total.